The highest BCUT2D eigenvalue weighted by molar-refractivity contribution is 5.89. The van der Waals surface area contributed by atoms with E-state index in [1.54, 1.807) is 12.1 Å². The SMILES string of the molecule is C=C(C)C(=O)OCC(O)COC(=O)c1ccc(C(C)(CC(C)(C)C)C(C)C)cc1. The molecule has 0 fully saturated rings. The minimum Gasteiger partial charge on any atom is -0.459 e. The Morgan fingerprint density at radius 3 is 2.00 bits per heavy atom. The molecule has 0 saturated heterocycles. The van der Waals surface area contributed by atoms with Gasteiger partial charge in [-0.15, -0.1) is 0 Å². The molecule has 0 heterocycles. The van der Waals surface area contributed by atoms with Gasteiger partial charge >= 0.3 is 11.9 Å². The maximum atomic E-state index is 12.3. The fourth-order valence-corrected chi connectivity index (χ4v) is 3.33. The van der Waals surface area contributed by atoms with Crippen LogP contribution in [-0.4, -0.2) is 36.4 Å². The number of benzene rings is 1. The summed E-state index contributed by atoms with van der Waals surface area (Å²) in [4.78, 5) is 23.6. The van der Waals surface area contributed by atoms with Crippen LogP contribution in [0.3, 0.4) is 0 Å². The summed E-state index contributed by atoms with van der Waals surface area (Å²) in [6, 6.07) is 7.48. The topological polar surface area (TPSA) is 72.8 Å². The highest BCUT2D eigenvalue weighted by Crippen LogP contribution is 2.42. The second kappa shape index (κ2) is 10.1. The van der Waals surface area contributed by atoms with Crippen LogP contribution in [0.15, 0.2) is 36.4 Å². The summed E-state index contributed by atoms with van der Waals surface area (Å²) >= 11 is 0. The van der Waals surface area contributed by atoms with Gasteiger partial charge in [0.15, 0.2) is 0 Å². The molecular formula is C24H36O5. The highest BCUT2D eigenvalue weighted by Gasteiger charge is 2.34. The lowest BCUT2D eigenvalue weighted by atomic mass is 9.65. The molecule has 0 aromatic heterocycles. The molecule has 2 unspecified atom stereocenters. The largest absolute Gasteiger partial charge is 0.459 e. The van der Waals surface area contributed by atoms with E-state index >= 15 is 0 Å². The van der Waals surface area contributed by atoms with Gasteiger partial charge in [-0.2, -0.15) is 0 Å². The van der Waals surface area contributed by atoms with E-state index < -0.39 is 18.0 Å². The molecule has 162 valence electrons. The fourth-order valence-electron chi connectivity index (χ4n) is 3.33. The molecule has 0 amide bonds. The highest BCUT2D eigenvalue weighted by atomic mass is 16.6. The summed E-state index contributed by atoms with van der Waals surface area (Å²) in [5.41, 5.74) is 2.02. The summed E-state index contributed by atoms with van der Waals surface area (Å²) in [6.07, 6.45) is -0.0612. The van der Waals surface area contributed by atoms with Crippen molar-refractivity contribution >= 4 is 11.9 Å². The number of carbonyl (C=O) groups is 2. The maximum Gasteiger partial charge on any atom is 0.338 e. The molecule has 1 aromatic carbocycles. The molecule has 0 aliphatic carbocycles. The molecule has 0 spiro atoms. The first-order valence-corrected chi connectivity index (χ1v) is 10.0. The lowest BCUT2D eigenvalue weighted by Crippen LogP contribution is -2.33. The van der Waals surface area contributed by atoms with E-state index in [0.717, 1.165) is 6.42 Å². The van der Waals surface area contributed by atoms with Gasteiger partial charge in [0.1, 0.15) is 19.3 Å². The van der Waals surface area contributed by atoms with Crippen LogP contribution in [0.4, 0.5) is 0 Å². The number of ether oxygens (including phenoxy) is 2. The zero-order valence-electron chi connectivity index (χ0n) is 18.9. The Balaban J connectivity index is 2.73. The first kappa shape index (κ1) is 24.9. The minimum absolute atomic E-state index is 0.00988. The van der Waals surface area contributed by atoms with Crippen molar-refractivity contribution in [2.24, 2.45) is 11.3 Å². The van der Waals surface area contributed by atoms with Crippen molar-refractivity contribution in [1.82, 2.24) is 0 Å². The number of hydrogen-bond donors (Lipinski definition) is 1. The Morgan fingerprint density at radius 2 is 1.55 bits per heavy atom. The fraction of sp³-hybridized carbons (Fsp3) is 0.583. The van der Waals surface area contributed by atoms with Crippen molar-refractivity contribution < 1.29 is 24.2 Å². The van der Waals surface area contributed by atoms with Gasteiger partial charge in [-0.25, -0.2) is 9.59 Å². The van der Waals surface area contributed by atoms with Crippen molar-refractivity contribution in [3.8, 4) is 0 Å². The average Bonchev–Trinajstić information content (AvgIpc) is 2.62. The molecule has 5 nitrogen and oxygen atoms in total. The third-order valence-electron chi connectivity index (χ3n) is 5.11. The van der Waals surface area contributed by atoms with Crippen LogP contribution in [0.2, 0.25) is 0 Å². The van der Waals surface area contributed by atoms with Crippen molar-refractivity contribution in [1.29, 1.82) is 0 Å². The Bertz CT molecular complexity index is 712. The van der Waals surface area contributed by atoms with Crippen LogP contribution in [0.25, 0.3) is 0 Å². The smallest absolute Gasteiger partial charge is 0.338 e. The molecule has 2 atom stereocenters. The molecule has 0 saturated carbocycles. The van der Waals surface area contributed by atoms with Crippen molar-refractivity contribution in [2.75, 3.05) is 13.2 Å². The van der Waals surface area contributed by atoms with E-state index in [4.69, 9.17) is 9.47 Å². The van der Waals surface area contributed by atoms with Crippen LogP contribution < -0.4 is 0 Å². The number of aliphatic hydroxyl groups excluding tert-OH is 1. The molecular weight excluding hydrogens is 368 g/mol. The average molecular weight is 405 g/mol. The van der Waals surface area contributed by atoms with Gasteiger partial charge < -0.3 is 14.6 Å². The lowest BCUT2D eigenvalue weighted by Gasteiger charge is -2.40. The first-order valence-electron chi connectivity index (χ1n) is 10.0. The Morgan fingerprint density at radius 1 is 1.03 bits per heavy atom. The number of esters is 2. The number of carbonyl (C=O) groups excluding carboxylic acids is 2. The van der Waals surface area contributed by atoms with E-state index in [-0.39, 0.29) is 29.6 Å². The zero-order chi connectivity index (χ0) is 22.4. The van der Waals surface area contributed by atoms with Crippen molar-refractivity contribution in [3.63, 3.8) is 0 Å². The van der Waals surface area contributed by atoms with E-state index in [2.05, 4.69) is 48.1 Å². The Labute approximate surface area is 175 Å². The second-order valence-electron chi connectivity index (χ2n) is 9.52. The van der Waals surface area contributed by atoms with Gasteiger partial charge in [0.05, 0.1) is 5.56 Å². The van der Waals surface area contributed by atoms with Crippen LogP contribution in [0.1, 0.15) is 70.8 Å². The van der Waals surface area contributed by atoms with E-state index in [9.17, 15) is 14.7 Å². The summed E-state index contributed by atoms with van der Waals surface area (Å²) in [5.74, 6) is -0.671. The summed E-state index contributed by atoms with van der Waals surface area (Å²) < 4.78 is 9.97. The van der Waals surface area contributed by atoms with Crippen LogP contribution in [0.5, 0.6) is 0 Å². The number of aliphatic hydroxyl groups is 1. The van der Waals surface area contributed by atoms with E-state index in [0.29, 0.717) is 11.5 Å². The van der Waals surface area contributed by atoms with Crippen molar-refractivity contribution in [2.45, 2.75) is 66.4 Å². The summed E-state index contributed by atoms with van der Waals surface area (Å²) in [7, 11) is 0. The molecule has 0 radical (unpaired) electrons. The number of rotatable bonds is 9. The third kappa shape index (κ3) is 7.65. The monoisotopic (exact) mass is 404 g/mol. The predicted molar refractivity (Wildman–Crippen MR) is 115 cm³/mol. The quantitative estimate of drug-likeness (QED) is 0.478. The van der Waals surface area contributed by atoms with Gasteiger partial charge in [0, 0.05) is 5.57 Å². The van der Waals surface area contributed by atoms with Gasteiger partial charge in [-0.05, 0) is 47.8 Å². The minimum atomic E-state index is -1.09. The molecule has 1 N–H and O–H groups in total. The number of hydrogen-bond acceptors (Lipinski definition) is 5. The molecule has 29 heavy (non-hydrogen) atoms. The van der Waals surface area contributed by atoms with Gasteiger partial charge in [-0.1, -0.05) is 60.3 Å². The maximum absolute atomic E-state index is 12.3. The predicted octanol–water partition coefficient (Wildman–Crippen LogP) is 4.67. The van der Waals surface area contributed by atoms with E-state index in [1.165, 1.54) is 12.5 Å². The van der Waals surface area contributed by atoms with Crippen LogP contribution in [0, 0.1) is 11.3 Å². The second-order valence-corrected chi connectivity index (χ2v) is 9.52. The van der Waals surface area contributed by atoms with Gasteiger partial charge in [0.2, 0.25) is 0 Å². The first-order chi connectivity index (χ1) is 13.3. The Hall–Kier alpha value is -2.14. The molecule has 1 aromatic rings. The van der Waals surface area contributed by atoms with Crippen LogP contribution in [-0.2, 0) is 19.7 Å². The third-order valence-corrected chi connectivity index (χ3v) is 5.11. The molecule has 0 aliphatic rings. The summed E-state index contributed by atoms with van der Waals surface area (Å²) in [6.45, 7) is 17.9. The normalized spacial score (nSPS) is 14.8. The van der Waals surface area contributed by atoms with Crippen molar-refractivity contribution in [3.05, 3.63) is 47.5 Å². The Kier molecular flexibility index (Phi) is 8.64. The van der Waals surface area contributed by atoms with E-state index in [1.807, 2.05) is 12.1 Å². The van der Waals surface area contributed by atoms with Gasteiger partial charge in [0.25, 0.3) is 0 Å². The lowest BCUT2D eigenvalue weighted by molar-refractivity contribution is -0.142. The van der Waals surface area contributed by atoms with Crippen LogP contribution >= 0.6 is 0 Å². The standard InChI is InChI=1S/C24H36O5/c1-16(2)21(26)28-13-20(25)14-29-22(27)18-9-11-19(12-10-18)24(8,17(3)4)15-23(5,6)7/h9-12,17,20,25H,1,13-15H2,2-8H3. The molecule has 0 bridgehead atoms. The summed E-state index contributed by atoms with van der Waals surface area (Å²) in [5, 5.41) is 9.81. The molecule has 5 heteroatoms. The molecule has 0 aliphatic heterocycles. The van der Waals surface area contributed by atoms with Gasteiger partial charge in [-0.3, -0.25) is 0 Å². The zero-order valence-corrected chi connectivity index (χ0v) is 18.9. The molecule has 1 rings (SSSR count).